The van der Waals surface area contributed by atoms with Crippen molar-refractivity contribution in [3.8, 4) is 0 Å². The van der Waals surface area contributed by atoms with E-state index < -0.39 is 0 Å². The van der Waals surface area contributed by atoms with Gasteiger partial charge < -0.3 is 14.7 Å². The van der Waals surface area contributed by atoms with Crippen LogP contribution in [0.15, 0.2) is 4.99 Å². The number of hydrogen-bond acceptors (Lipinski definition) is 1. The van der Waals surface area contributed by atoms with Gasteiger partial charge in [0.2, 0.25) is 0 Å². The van der Waals surface area contributed by atoms with Gasteiger partial charge in [0.15, 0.2) is 6.03 Å². The van der Waals surface area contributed by atoms with Gasteiger partial charge >= 0.3 is 0 Å². The molecule has 4 heteroatoms. The second kappa shape index (κ2) is 4.12. The zero-order valence-electron chi connectivity index (χ0n) is 5.29. The first-order chi connectivity index (χ1) is 3.80. The summed E-state index contributed by atoms with van der Waals surface area (Å²) < 4.78 is 0. The van der Waals surface area contributed by atoms with Gasteiger partial charge in [-0.25, -0.2) is 0 Å². The fourth-order valence-electron chi connectivity index (χ4n) is 0.522. The van der Waals surface area contributed by atoms with Gasteiger partial charge in [-0.1, -0.05) is 6.42 Å². The molecule has 47 valence electrons. The zero-order valence-corrected chi connectivity index (χ0v) is 8.13. The molecule has 0 fully saturated rings. The molecule has 2 amide bonds. The SMILES string of the molecule is CN1CC[C-]=NC1=O.[Y]. The quantitative estimate of drug-likeness (QED) is 0.520. The van der Waals surface area contributed by atoms with Gasteiger partial charge in [-0.05, 0) is 13.6 Å². The summed E-state index contributed by atoms with van der Waals surface area (Å²) in [7, 11) is 1.73. The summed E-state index contributed by atoms with van der Waals surface area (Å²) in [6.45, 7) is 0.752. The van der Waals surface area contributed by atoms with Crippen molar-refractivity contribution in [2.75, 3.05) is 13.6 Å². The Morgan fingerprint density at radius 1 is 1.78 bits per heavy atom. The number of amides is 2. The number of urea groups is 1. The Bertz CT molecular complexity index is 135. The van der Waals surface area contributed by atoms with Gasteiger partial charge in [0.1, 0.15) is 0 Å². The van der Waals surface area contributed by atoms with Gasteiger partial charge in [0.25, 0.3) is 0 Å². The molecule has 9 heavy (non-hydrogen) atoms. The Kier molecular flexibility index (Phi) is 4.23. The maximum Gasteiger partial charge on any atom is 0.179 e. The molecule has 1 aliphatic heterocycles. The van der Waals surface area contributed by atoms with Crippen LogP contribution in [-0.2, 0) is 32.7 Å². The molecule has 0 saturated heterocycles. The first kappa shape index (κ1) is 9.24. The Balaban J connectivity index is 0.000000640. The Morgan fingerprint density at radius 3 is 2.78 bits per heavy atom. The molecular formula is C5H7N2OY-. The van der Waals surface area contributed by atoms with E-state index in [0.29, 0.717) is 0 Å². The summed E-state index contributed by atoms with van der Waals surface area (Å²) in [6, 6.07) is -0.184. The summed E-state index contributed by atoms with van der Waals surface area (Å²) in [6.07, 6.45) is 3.36. The third-order valence-electron chi connectivity index (χ3n) is 1.06. The number of hydrogen-bond donors (Lipinski definition) is 0. The predicted molar refractivity (Wildman–Crippen MR) is 30.1 cm³/mol. The smallest absolute Gasteiger partial charge is 0.179 e. The summed E-state index contributed by atoms with van der Waals surface area (Å²) in [5.41, 5.74) is 0. The van der Waals surface area contributed by atoms with Crippen molar-refractivity contribution in [3.05, 3.63) is 0 Å². The second-order valence-electron chi connectivity index (χ2n) is 1.72. The number of carbonyl (C=O) groups excluding carboxylic acids is 1. The monoisotopic (exact) mass is 200 g/mol. The van der Waals surface area contributed by atoms with Gasteiger partial charge in [0.05, 0.1) is 0 Å². The predicted octanol–water partition coefficient (Wildman–Crippen LogP) is 0.387. The Labute approximate surface area is 79.4 Å². The largest absolute Gasteiger partial charge is 0.407 e. The Morgan fingerprint density at radius 2 is 2.44 bits per heavy atom. The third kappa shape index (κ3) is 2.54. The van der Waals surface area contributed by atoms with E-state index in [1.807, 2.05) is 0 Å². The first-order valence-corrected chi connectivity index (χ1v) is 2.49. The van der Waals surface area contributed by atoms with Crippen molar-refractivity contribution < 1.29 is 37.5 Å². The minimum atomic E-state index is -0.184. The molecule has 0 aromatic carbocycles. The van der Waals surface area contributed by atoms with Crippen LogP contribution in [0, 0.1) is 0 Å². The maximum absolute atomic E-state index is 10.5. The van der Waals surface area contributed by atoms with Crippen LogP contribution in [0.1, 0.15) is 6.42 Å². The van der Waals surface area contributed by atoms with Crippen LogP contribution in [0.25, 0.3) is 0 Å². The molecule has 0 aromatic rings. The summed E-state index contributed by atoms with van der Waals surface area (Å²) in [5, 5.41) is 0. The van der Waals surface area contributed by atoms with Gasteiger partial charge in [-0.15, -0.1) is 0 Å². The molecule has 0 saturated carbocycles. The van der Waals surface area contributed by atoms with E-state index in [1.165, 1.54) is 0 Å². The molecule has 3 nitrogen and oxygen atoms in total. The summed E-state index contributed by atoms with van der Waals surface area (Å²) in [5.74, 6) is 0. The molecular weight excluding hydrogens is 193 g/mol. The molecule has 0 aliphatic carbocycles. The maximum atomic E-state index is 10.5. The second-order valence-corrected chi connectivity index (χ2v) is 1.72. The molecule has 0 unspecified atom stereocenters. The number of aliphatic imine (C=N–C) groups is 1. The van der Waals surface area contributed by atoms with E-state index in [1.54, 1.807) is 11.9 Å². The summed E-state index contributed by atoms with van der Waals surface area (Å²) >= 11 is 0. The van der Waals surface area contributed by atoms with E-state index in [4.69, 9.17) is 0 Å². The minimum Gasteiger partial charge on any atom is -0.407 e. The van der Waals surface area contributed by atoms with E-state index in [9.17, 15) is 4.79 Å². The molecule has 1 aliphatic rings. The number of rotatable bonds is 0. The van der Waals surface area contributed by atoms with Crippen molar-refractivity contribution >= 4 is 12.2 Å². The van der Waals surface area contributed by atoms with Crippen LogP contribution in [-0.4, -0.2) is 30.7 Å². The van der Waals surface area contributed by atoms with Crippen LogP contribution in [0.3, 0.4) is 0 Å². The molecule has 0 aromatic heterocycles. The van der Waals surface area contributed by atoms with E-state index in [0.717, 1.165) is 13.0 Å². The van der Waals surface area contributed by atoms with Crippen LogP contribution in [0.5, 0.6) is 0 Å². The fraction of sp³-hybridized carbons (Fsp3) is 0.600. The molecule has 1 heterocycles. The van der Waals surface area contributed by atoms with Crippen LogP contribution in [0.2, 0.25) is 0 Å². The zero-order chi connectivity index (χ0) is 5.98. The van der Waals surface area contributed by atoms with Crippen molar-refractivity contribution in [3.63, 3.8) is 0 Å². The Hall–Kier alpha value is 0.244. The van der Waals surface area contributed by atoms with Gasteiger partial charge in [0, 0.05) is 32.7 Å². The number of carbonyl (C=O) groups is 1. The topological polar surface area (TPSA) is 32.7 Å². The van der Waals surface area contributed by atoms with E-state index >= 15 is 0 Å². The van der Waals surface area contributed by atoms with Crippen molar-refractivity contribution in [2.45, 2.75) is 6.42 Å². The standard InChI is InChI=1S/C5H7N2O.Y/c1-7-4-2-3-6-5(7)8;/h2,4H2,1H3;/q-1;. The molecule has 1 rings (SSSR count). The molecule has 0 atom stereocenters. The van der Waals surface area contributed by atoms with Gasteiger partial charge in [-0.2, -0.15) is 6.21 Å². The van der Waals surface area contributed by atoms with Gasteiger partial charge in [-0.3, -0.25) is 0 Å². The summed E-state index contributed by atoms with van der Waals surface area (Å²) in [4.78, 5) is 15.5. The normalized spacial score (nSPS) is 17.4. The average molecular weight is 200 g/mol. The van der Waals surface area contributed by atoms with Crippen molar-refractivity contribution in [2.24, 2.45) is 4.99 Å². The molecule has 0 spiro atoms. The van der Waals surface area contributed by atoms with Crippen LogP contribution < -0.4 is 0 Å². The van der Waals surface area contributed by atoms with Crippen LogP contribution in [0.4, 0.5) is 4.79 Å². The molecule has 0 bridgehead atoms. The molecule has 0 N–H and O–H groups in total. The van der Waals surface area contributed by atoms with Crippen LogP contribution >= 0.6 is 0 Å². The van der Waals surface area contributed by atoms with Crippen molar-refractivity contribution in [1.29, 1.82) is 0 Å². The average Bonchev–Trinajstić information content (AvgIpc) is 1.77. The van der Waals surface area contributed by atoms with E-state index in [-0.39, 0.29) is 38.7 Å². The first-order valence-electron chi connectivity index (χ1n) is 2.49. The van der Waals surface area contributed by atoms with E-state index in [2.05, 4.69) is 11.2 Å². The fourth-order valence-corrected chi connectivity index (χ4v) is 0.522. The third-order valence-corrected chi connectivity index (χ3v) is 1.06. The van der Waals surface area contributed by atoms with Crippen molar-refractivity contribution in [1.82, 2.24) is 4.90 Å². The molecule has 1 radical (unpaired) electrons. The minimum absolute atomic E-state index is 0. The number of nitrogens with zero attached hydrogens (tertiary/aromatic N) is 2.